The molecule has 12 atom stereocenters. The van der Waals surface area contributed by atoms with Gasteiger partial charge in [0.2, 0.25) is 23.6 Å². The number of hydrogen-bond donors (Lipinski definition) is 4. The summed E-state index contributed by atoms with van der Waals surface area (Å²) in [5.41, 5.74) is 4.54. The maximum atomic E-state index is 14.9. The van der Waals surface area contributed by atoms with Crippen molar-refractivity contribution in [3.8, 4) is 11.8 Å². The van der Waals surface area contributed by atoms with Crippen molar-refractivity contribution in [2.75, 3.05) is 40.4 Å². The lowest BCUT2D eigenvalue weighted by atomic mass is 9.73. The van der Waals surface area contributed by atoms with Crippen molar-refractivity contribution < 1.29 is 72.6 Å². The number of aliphatic hydroxyl groups is 2. The monoisotopic (exact) mass is 1580 g/mol. The van der Waals surface area contributed by atoms with Gasteiger partial charge in [-0.2, -0.15) is 0 Å². The molecule has 8 aliphatic rings. The number of rotatable bonds is 32. The van der Waals surface area contributed by atoms with Crippen LogP contribution >= 0.6 is 23.2 Å². The van der Waals surface area contributed by atoms with Crippen LogP contribution in [-0.2, 0) is 47.8 Å². The zero-order chi connectivity index (χ0) is 80.0. The first-order valence-corrected chi connectivity index (χ1v) is 41.1. The first-order chi connectivity index (χ1) is 51.3. The van der Waals surface area contributed by atoms with Crippen LogP contribution in [0, 0.1) is 52.3 Å². The molecule has 2 unspecified atom stereocenters. The molecule has 6 heterocycles. The summed E-state index contributed by atoms with van der Waals surface area (Å²) >= 11 is 12.0. The molecular formula is C84H131Cl2N9O15. The summed E-state index contributed by atoms with van der Waals surface area (Å²) in [6.07, 6.45) is 17.8. The maximum absolute atomic E-state index is 14.9. The molecule has 0 bridgehead atoms. The number of aliphatic imine (C=N–C) groups is 2. The Morgan fingerprint density at radius 1 is 0.582 bits per heavy atom. The highest BCUT2D eigenvalue weighted by Gasteiger charge is 2.50. The molecule has 2 aromatic heterocycles. The van der Waals surface area contributed by atoms with Crippen molar-refractivity contribution in [1.82, 2.24) is 29.6 Å². The molecule has 26 heteroatoms. The molecule has 0 radical (unpaired) electrons. The highest BCUT2D eigenvalue weighted by molar-refractivity contribution is 6.30. The van der Waals surface area contributed by atoms with Gasteiger partial charge in [0.1, 0.15) is 43.7 Å². The van der Waals surface area contributed by atoms with Crippen LogP contribution in [0.2, 0.25) is 10.0 Å². The zero-order valence-electron chi connectivity index (χ0n) is 67.4. The minimum absolute atomic E-state index is 0. The molecule has 2 aromatic rings. The van der Waals surface area contributed by atoms with E-state index >= 15 is 0 Å². The van der Waals surface area contributed by atoms with E-state index in [0.717, 1.165) is 89.9 Å². The van der Waals surface area contributed by atoms with Gasteiger partial charge in [0.05, 0.1) is 58.4 Å². The summed E-state index contributed by atoms with van der Waals surface area (Å²) in [5, 5.41) is 32.4. The number of aliphatic carboxylic acids is 1. The lowest BCUT2D eigenvalue weighted by molar-refractivity contribution is -0.147. The summed E-state index contributed by atoms with van der Waals surface area (Å²) in [4.78, 5) is 133. The van der Waals surface area contributed by atoms with Crippen molar-refractivity contribution in [1.29, 1.82) is 0 Å². The first kappa shape index (κ1) is 90.8. The van der Waals surface area contributed by atoms with Crippen LogP contribution in [0.15, 0.2) is 46.6 Å². The van der Waals surface area contributed by atoms with E-state index < -0.39 is 89.2 Å². The molecule has 4 aliphatic heterocycles. The van der Waals surface area contributed by atoms with E-state index in [9.17, 15) is 53.7 Å². The lowest BCUT2D eigenvalue weighted by Crippen LogP contribution is -2.53. The Kier molecular flexibility index (Phi) is 33.1. The normalized spacial score (nSPS) is 23.4. The zero-order valence-corrected chi connectivity index (χ0v) is 68.9. The van der Waals surface area contributed by atoms with Gasteiger partial charge in [0.15, 0.2) is 28.9 Å². The van der Waals surface area contributed by atoms with Gasteiger partial charge in [-0.05, 0) is 150 Å². The number of carbonyl (C=O) groups excluding carboxylic acids is 7. The molecule has 616 valence electrons. The Morgan fingerprint density at radius 3 is 1.31 bits per heavy atom. The van der Waals surface area contributed by atoms with E-state index in [4.69, 9.17) is 52.9 Å². The smallest absolute Gasteiger partial charge is 0.326 e. The van der Waals surface area contributed by atoms with E-state index in [2.05, 4.69) is 15.0 Å². The summed E-state index contributed by atoms with van der Waals surface area (Å²) in [6, 6.07) is 4.16. The number of likely N-dealkylation sites (tertiary alicyclic amines) is 2. The Hall–Kier alpha value is -6.34. The Morgan fingerprint density at radius 2 is 0.973 bits per heavy atom. The summed E-state index contributed by atoms with van der Waals surface area (Å²) < 4.78 is 23.8. The number of aliphatic hydroxyl groups excluding tert-OH is 2. The number of nitrogens with zero attached hydrogens (tertiary/aromatic N) is 8. The topological polar surface area (TPSA) is 324 Å². The van der Waals surface area contributed by atoms with Gasteiger partial charge in [-0.15, -0.1) is 0 Å². The Bertz CT molecular complexity index is 3470. The van der Waals surface area contributed by atoms with Crippen LogP contribution in [0.1, 0.15) is 251 Å². The molecule has 6 fully saturated rings. The molecule has 2 amide bonds. The molecule has 2 saturated heterocycles. The third-order valence-electron chi connectivity index (χ3n) is 23.0. The number of carboxylic acids is 1. The number of nitrogens with two attached hydrogens (primary N) is 1. The van der Waals surface area contributed by atoms with Crippen LogP contribution in [-0.4, -0.2) is 210 Å². The van der Waals surface area contributed by atoms with Gasteiger partial charge in [0.25, 0.3) is 12.0 Å². The third-order valence-corrected chi connectivity index (χ3v) is 23.5. The molecule has 10 rings (SSSR count). The van der Waals surface area contributed by atoms with Crippen molar-refractivity contribution in [3.05, 3.63) is 46.7 Å². The predicted octanol–water partition coefficient (Wildman–Crippen LogP) is 13.2. The predicted molar refractivity (Wildman–Crippen MR) is 426 cm³/mol. The number of carboxylic acid groups (broad SMARTS) is 1. The standard InChI is InChI=1S/C42H63ClN4O7.C27H40ClN3O5.C14H24N2O3.CH4/c1-8-12-28(38(51)35(50)19-26-15-16-26)20-33(48)32-21-30(54-36-18-17-29(43)23-44-36)24-47(32)39(52)31(41(2,3)4)22-34(49)37(27-13-10-9-11-14-27)46(7)40-45-42(5,6)25-53-40;1-5-6-17(24(34)22(33)11-16-7-8-16)12-21(32)20-13-19(36-23-10-9-18(28)14-30-23)15-31(20)26(35)25(29)27(2,3)4;1-14(2)9-19-13(15-14)16(3)11(12(17)18)10-7-5-4-6-8-10;/h17-18,23,26-28,30-32,37-38,51H,8-16,19-22,24-25H2,1-7H3;9-10,14,16-17,19-20,24-25,34H,5-8,11-13,15,29H2,1-4H3;10-11H,4-9H2,1-3H3,(H,17,18);1H4/t28-,30-,31-,32+,37+,38?;17-,19-,20+,24?,25-;11-;/m110./s1. The first-order valence-electron chi connectivity index (χ1n) is 40.3. The van der Waals surface area contributed by atoms with E-state index in [-0.39, 0.29) is 116 Å². The minimum atomic E-state index is -1.22. The number of pyridine rings is 2. The van der Waals surface area contributed by atoms with E-state index in [0.29, 0.717) is 91.0 Å². The van der Waals surface area contributed by atoms with Crippen molar-refractivity contribution in [2.24, 2.45) is 68.0 Å². The maximum Gasteiger partial charge on any atom is 0.326 e. The molecule has 0 spiro atoms. The number of ketones is 5. The second-order valence-electron chi connectivity index (χ2n) is 35.8. The number of Topliss-reactive ketones (excluding diaryl/α,β-unsaturated/α-hetero) is 5. The van der Waals surface area contributed by atoms with Crippen LogP contribution < -0.4 is 15.2 Å². The number of carbonyl (C=O) groups is 8. The van der Waals surface area contributed by atoms with Gasteiger partial charge in [-0.1, -0.05) is 137 Å². The molecule has 24 nitrogen and oxygen atoms in total. The van der Waals surface area contributed by atoms with Crippen LogP contribution in [0.5, 0.6) is 11.8 Å². The van der Waals surface area contributed by atoms with Crippen LogP contribution in [0.4, 0.5) is 0 Å². The molecule has 4 aliphatic carbocycles. The minimum Gasteiger partial charge on any atom is -0.480 e. The van der Waals surface area contributed by atoms with Crippen molar-refractivity contribution in [2.45, 2.75) is 317 Å². The summed E-state index contributed by atoms with van der Waals surface area (Å²) in [7, 11) is 3.66. The molecule has 110 heavy (non-hydrogen) atoms. The number of amides is 2. The highest BCUT2D eigenvalue weighted by Crippen LogP contribution is 2.41. The molecule has 5 N–H and O–H groups in total. The van der Waals surface area contributed by atoms with E-state index in [1.54, 1.807) is 41.1 Å². The quantitative estimate of drug-likeness (QED) is 0.0529. The molecule has 4 saturated carbocycles. The van der Waals surface area contributed by atoms with Crippen molar-refractivity contribution >= 4 is 81.9 Å². The second kappa shape index (κ2) is 40.1. The van der Waals surface area contributed by atoms with Gasteiger partial charge in [0, 0.05) is 89.5 Å². The van der Waals surface area contributed by atoms with Gasteiger partial charge >= 0.3 is 5.97 Å². The number of amidine groups is 2. The fraction of sp³-hybridized carbons (Fsp3) is 0.762. The Balaban J connectivity index is 0.000000257. The number of hydrogen-bond acceptors (Lipinski definition) is 21. The van der Waals surface area contributed by atoms with Gasteiger partial charge in [-0.3, -0.25) is 33.6 Å². The number of halogens is 2. The molecule has 0 aromatic carbocycles. The average Bonchev–Trinajstić information content (AvgIpc) is 1.55. The molecular weight excluding hydrogens is 1450 g/mol. The SMILES string of the molecule is C.CCC[C@H](CC(=O)[C@@H]1C[C@@H](Oc2ccc(Cl)cn2)CN1C(=O)[C@@H](CC(=O)[C@H](C1CCCCC1)N(C)C1=NC(C)(C)CO1)C(C)(C)C)C(O)C(=O)CC1CC1.CCC[C@H](CC(=O)[C@@H]1C[C@@H](Oc2ccc(Cl)cn2)CN1C(=O)[C@@H](N)C(C)(C)C)C(O)C(=O)CC1CC1.CN(C1=NC(C)(C)CO1)[C@H](C(=O)O)C1CCCCC1. The Labute approximate surface area is 664 Å². The van der Waals surface area contributed by atoms with E-state index in [1.807, 2.05) is 95.0 Å². The van der Waals surface area contributed by atoms with E-state index in [1.165, 1.54) is 23.7 Å². The second-order valence-corrected chi connectivity index (χ2v) is 36.7. The number of likely N-dealkylation sites (N-methyl/N-ethyl adjacent to an activating group) is 2. The third kappa shape index (κ3) is 25.8. The number of aromatic nitrogens is 2. The lowest BCUT2D eigenvalue weighted by Gasteiger charge is -2.39. The average molecular weight is 1580 g/mol. The largest absolute Gasteiger partial charge is 0.480 e. The van der Waals surface area contributed by atoms with Crippen molar-refractivity contribution in [3.63, 3.8) is 0 Å². The van der Waals surface area contributed by atoms with Gasteiger partial charge in [-0.25, -0.2) is 24.7 Å². The summed E-state index contributed by atoms with van der Waals surface area (Å²) in [6.45, 7) is 24.8. The van der Waals surface area contributed by atoms with Crippen LogP contribution in [0.3, 0.4) is 0 Å². The fourth-order valence-electron chi connectivity index (χ4n) is 16.3. The van der Waals surface area contributed by atoms with Crippen LogP contribution in [0.25, 0.3) is 0 Å². The highest BCUT2D eigenvalue weighted by atomic mass is 35.5. The van der Waals surface area contributed by atoms with Gasteiger partial charge < -0.3 is 59.6 Å². The number of ether oxygens (including phenoxy) is 4. The fourth-order valence-corrected chi connectivity index (χ4v) is 16.5. The summed E-state index contributed by atoms with van der Waals surface area (Å²) in [5.74, 6) is -2.24.